The third-order valence-corrected chi connectivity index (χ3v) is 6.95. The summed E-state index contributed by atoms with van der Waals surface area (Å²) in [5, 5.41) is 5.86. The third kappa shape index (κ3) is 7.81. The van der Waals surface area contributed by atoms with Crippen molar-refractivity contribution < 1.29 is 18.0 Å². The highest BCUT2D eigenvalue weighted by Gasteiger charge is 2.33. The molecule has 0 saturated carbocycles. The van der Waals surface area contributed by atoms with Crippen molar-refractivity contribution in [1.29, 1.82) is 0 Å². The van der Waals surface area contributed by atoms with E-state index in [9.17, 15) is 18.0 Å². The van der Waals surface area contributed by atoms with Crippen LogP contribution in [0.1, 0.15) is 29.5 Å². The van der Waals surface area contributed by atoms with Crippen molar-refractivity contribution in [3.63, 3.8) is 0 Å². The van der Waals surface area contributed by atoms with E-state index in [1.54, 1.807) is 0 Å². The summed E-state index contributed by atoms with van der Waals surface area (Å²) in [7, 11) is 0. The monoisotopic (exact) mass is 572 g/mol. The van der Waals surface area contributed by atoms with Crippen LogP contribution in [0.25, 0.3) is 0 Å². The van der Waals surface area contributed by atoms with Crippen molar-refractivity contribution in [3.8, 4) is 0 Å². The van der Waals surface area contributed by atoms with Gasteiger partial charge in [0.1, 0.15) is 0 Å². The first-order chi connectivity index (χ1) is 15.3. The molecule has 2 heterocycles. The number of nitrogens with one attached hydrogen (secondary N) is 2. The quantitative estimate of drug-likeness (QED) is 0.324. The van der Waals surface area contributed by atoms with E-state index in [-0.39, 0.29) is 56.1 Å². The first-order valence-electron chi connectivity index (χ1n) is 10.8. The van der Waals surface area contributed by atoms with Crippen molar-refractivity contribution >= 4 is 66.1 Å². The fourth-order valence-electron chi connectivity index (χ4n) is 4.09. The minimum atomic E-state index is -4.46. The molecule has 0 atom stereocenters. The molecular weight excluding hydrogens is 544 g/mol. The third-order valence-electron chi connectivity index (χ3n) is 5.76. The number of hydrogen-bond donors (Lipinski definition) is 3. The van der Waals surface area contributed by atoms with Crippen molar-refractivity contribution in [1.82, 2.24) is 5.32 Å². The first kappa shape index (κ1) is 31.7. The van der Waals surface area contributed by atoms with Crippen LogP contribution in [0.4, 0.5) is 24.5 Å². The van der Waals surface area contributed by atoms with Crippen LogP contribution in [0.15, 0.2) is 40.1 Å². The number of Topliss-reactive ketones (excluding diaryl/α,β-unsaturated/α-hetero) is 1. The number of benzene rings is 2. The molecule has 2 aromatic rings. The van der Waals surface area contributed by atoms with Gasteiger partial charge in [0.05, 0.1) is 18.7 Å². The molecular formula is C23H30Cl3F3N4OS. The zero-order chi connectivity index (χ0) is 22.7. The van der Waals surface area contributed by atoms with Crippen molar-refractivity contribution in [2.45, 2.75) is 35.2 Å². The molecule has 0 bridgehead atoms. The first-order valence-corrected chi connectivity index (χ1v) is 11.6. The van der Waals surface area contributed by atoms with Gasteiger partial charge in [-0.15, -0.1) is 37.2 Å². The van der Waals surface area contributed by atoms with Crippen LogP contribution in [0, 0.1) is 0 Å². The molecule has 12 heteroatoms. The van der Waals surface area contributed by atoms with E-state index in [2.05, 4.69) is 33.7 Å². The van der Waals surface area contributed by atoms with Gasteiger partial charge in [0, 0.05) is 53.8 Å². The normalized spacial score (nSPS) is 14.1. The molecule has 0 unspecified atom stereocenters. The van der Waals surface area contributed by atoms with Crippen LogP contribution in [-0.2, 0) is 17.4 Å². The van der Waals surface area contributed by atoms with Gasteiger partial charge in [-0.25, -0.2) is 0 Å². The highest BCUT2D eigenvalue weighted by atomic mass is 35.5. The Hall–Kier alpha value is -1.36. The lowest BCUT2D eigenvalue weighted by Crippen LogP contribution is -2.31. The van der Waals surface area contributed by atoms with Crippen LogP contribution in [0.2, 0.25) is 0 Å². The molecule has 0 aromatic heterocycles. The van der Waals surface area contributed by atoms with Gasteiger partial charge in [0.15, 0.2) is 5.78 Å². The molecule has 0 aliphatic carbocycles. The Kier molecular flexibility index (Phi) is 12.5. The Bertz CT molecular complexity index is 1000. The Labute approximate surface area is 226 Å². The van der Waals surface area contributed by atoms with Crippen molar-refractivity contribution in [2.24, 2.45) is 5.73 Å². The maximum Gasteiger partial charge on any atom is 0.416 e. The molecule has 2 aliphatic rings. The summed E-state index contributed by atoms with van der Waals surface area (Å²) in [6.45, 7) is 3.04. The molecule has 35 heavy (non-hydrogen) atoms. The van der Waals surface area contributed by atoms with E-state index in [4.69, 9.17) is 5.73 Å². The number of nitrogens with two attached hydrogens (primary N) is 1. The molecule has 196 valence electrons. The van der Waals surface area contributed by atoms with Gasteiger partial charge < -0.3 is 21.3 Å². The highest BCUT2D eigenvalue weighted by Crippen LogP contribution is 2.46. The zero-order valence-electron chi connectivity index (χ0n) is 19.0. The Morgan fingerprint density at radius 1 is 1.03 bits per heavy atom. The van der Waals surface area contributed by atoms with Gasteiger partial charge in [-0.3, -0.25) is 4.79 Å². The van der Waals surface area contributed by atoms with Crippen molar-refractivity contribution in [2.75, 3.05) is 49.5 Å². The van der Waals surface area contributed by atoms with E-state index in [1.807, 2.05) is 0 Å². The van der Waals surface area contributed by atoms with Crippen LogP contribution >= 0.6 is 49.0 Å². The maximum atomic E-state index is 13.6. The molecule has 1 fully saturated rings. The number of ketones is 1. The summed E-state index contributed by atoms with van der Waals surface area (Å²) >= 11 is 1.37. The molecule has 5 nitrogen and oxygen atoms in total. The second-order valence-corrected chi connectivity index (χ2v) is 9.20. The Morgan fingerprint density at radius 3 is 2.40 bits per heavy atom. The van der Waals surface area contributed by atoms with E-state index in [0.717, 1.165) is 53.7 Å². The fraction of sp³-hybridized carbons (Fsp3) is 0.435. The number of fused-ring (bicyclic) bond motifs is 2. The smallest absolute Gasteiger partial charge is 0.378 e. The number of alkyl halides is 3. The lowest BCUT2D eigenvalue weighted by molar-refractivity contribution is -0.137. The van der Waals surface area contributed by atoms with E-state index >= 15 is 0 Å². The topological polar surface area (TPSA) is 70.4 Å². The Balaban J connectivity index is 0.00000204. The second-order valence-electron chi connectivity index (χ2n) is 8.12. The highest BCUT2D eigenvalue weighted by molar-refractivity contribution is 7.99. The van der Waals surface area contributed by atoms with Crippen LogP contribution in [-0.4, -0.2) is 45.1 Å². The van der Waals surface area contributed by atoms with Gasteiger partial charge in [0.2, 0.25) is 0 Å². The number of nitrogens with zero attached hydrogens (tertiary/aromatic N) is 1. The minimum Gasteiger partial charge on any atom is -0.378 e. The summed E-state index contributed by atoms with van der Waals surface area (Å²) < 4.78 is 40.7. The summed E-state index contributed by atoms with van der Waals surface area (Å²) in [6, 6.07) is 8.60. The number of rotatable bonds is 8. The molecule has 0 amide bonds. The van der Waals surface area contributed by atoms with Gasteiger partial charge >= 0.3 is 6.18 Å². The number of halogens is 6. The minimum absolute atomic E-state index is 0. The largest absolute Gasteiger partial charge is 0.416 e. The van der Waals surface area contributed by atoms with E-state index in [1.165, 1.54) is 17.8 Å². The molecule has 4 N–H and O–H groups in total. The molecule has 4 rings (SSSR count). The zero-order valence-corrected chi connectivity index (χ0v) is 22.2. The van der Waals surface area contributed by atoms with Gasteiger partial charge in [-0.2, -0.15) is 13.2 Å². The average molecular weight is 574 g/mol. The molecule has 2 aromatic carbocycles. The van der Waals surface area contributed by atoms with E-state index in [0.29, 0.717) is 30.1 Å². The predicted molar refractivity (Wildman–Crippen MR) is 143 cm³/mol. The van der Waals surface area contributed by atoms with Gasteiger partial charge in [-0.05, 0) is 48.2 Å². The second kappa shape index (κ2) is 13.8. The van der Waals surface area contributed by atoms with Gasteiger partial charge in [0.25, 0.3) is 0 Å². The fourth-order valence-corrected chi connectivity index (χ4v) is 5.27. The summed E-state index contributed by atoms with van der Waals surface area (Å²) in [5.41, 5.74) is 8.06. The van der Waals surface area contributed by atoms with Crippen LogP contribution in [0.5, 0.6) is 0 Å². The molecule has 0 spiro atoms. The summed E-state index contributed by atoms with van der Waals surface area (Å²) in [4.78, 5) is 16.0. The lowest BCUT2D eigenvalue weighted by Gasteiger charge is -2.26. The number of carbonyl (C=O) groups is 1. The van der Waals surface area contributed by atoms with Crippen LogP contribution in [0.3, 0.4) is 0 Å². The molecule has 1 saturated heterocycles. The number of anilines is 2. The summed E-state index contributed by atoms with van der Waals surface area (Å²) in [6.07, 6.45) is -1.61. The standard InChI is InChI=1S/C23H27F3N4OS.3ClH/c24-23(25,26)16-10-20(29-14-18(31)13-28-6-5-27)19-9-15-3-4-17(30-7-1-2-8-30)12-21(15)32-22(19)11-16;;;/h3-4,10-12,28-29H,1-2,5-9,13-14,27H2;3*1H. The molecule has 0 radical (unpaired) electrons. The average Bonchev–Trinajstić information content (AvgIpc) is 3.30. The lowest BCUT2D eigenvalue weighted by atomic mass is 9.99. The SMILES string of the molecule is Cl.Cl.Cl.NCCNCC(=O)CNc1cc(C(F)(F)F)cc2c1Cc1ccc(N3CCCC3)cc1S2. The van der Waals surface area contributed by atoms with E-state index < -0.39 is 11.7 Å². The van der Waals surface area contributed by atoms with Crippen molar-refractivity contribution in [3.05, 3.63) is 47.0 Å². The number of carbonyl (C=O) groups excluding carboxylic acids is 1. The summed E-state index contributed by atoms with van der Waals surface area (Å²) in [5.74, 6) is -0.135. The van der Waals surface area contributed by atoms with Crippen LogP contribution < -0.4 is 21.3 Å². The Morgan fingerprint density at radius 2 is 1.74 bits per heavy atom. The predicted octanol–water partition coefficient (Wildman–Crippen LogP) is 5.16. The molecule has 2 aliphatic heterocycles. The number of hydrogen-bond acceptors (Lipinski definition) is 6. The maximum absolute atomic E-state index is 13.6. The van der Waals surface area contributed by atoms with Gasteiger partial charge in [-0.1, -0.05) is 17.8 Å².